The van der Waals surface area contributed by atoms with Gasteiger partial charge in [-0.3, -0.25) is 10.1 Å². The molecule has 6 heteroatoms. The molecular weight excluding hydrogens is 270 g/mol. The molecule has 2 aromatic carbocycles. The Bertz CT molecular complexity index is 716. The fourth-order valence-corrected chi connectivity index (χ4v) is 2.02. The lowest BCUT2D eigenvalue weighted by Gasteiger charge is -2.04. The van der Waals surface area contributed by atoms with Crippen molar-refractivity contribution in [2.75, 3.05) is 0 Å². The summed E-state index contributed by atoms with van der Waals surface area (Å²) in [6.45, 7) is 5.19. The van der Waals surface area contributed by atoms with Crippen molar-refractivity contribution in [1.29, 1.82) is 0 Å². The molecule has 6 nitrogen and oxygen atoms in total. The van der Waals surface area contributed by atoms with Crippen LogP contribution in [0.4, 0.5) is 17.1 Å². The molecule has 0 spiro atoms. The van der Waals surface area contributed by atoms with Crippen LogP contribution in [0, 0.1) is 30.9 Å². The molecule has 0 aliphatic heterocycles. The van der Waals surface area contributed by atoms with Gasteiger partial charge in [0.1, 0.15) is 5.75 Å². The van der Waals surface area contributed by atoms with E-state index in [1.54, 1.807) is 45.0 Å². The van der Waals surface area contributed by atoms with E-state index >= 15 is 0 Å². The fourth-order valence-electron chi connectivity index (χ4n) is 2.02. The van der Waals surface area contributed by atoms with Crippen molar-refractivity contribution in [3.63, 3.8) is 0 Å². The topological polar surface area (TPSA) is 88.1 Å². The predicted molar refractivity (Wildman–Crippen MR) is 79.6 cm³/mol. The number of phenolic OH excluding ortho intramolecular Hbond substituents is 1. The van der Waals surface area contributed by atoms with Crippen LogP contribution < -0.4 is 0 Å². The lowest BCUT2D eigenvalue weighted by Crippen LogP contribution is -1.90. The molecule has 0 fully saturated rings. The lowest BCUT2D eigenvalue weighted by atomic mass is 10.1. The van der Waals surface area contributed by atoms with Crippen LogP contribution in [0.2, 0.25) is 0 Å². The second-order valence-electron chi connectivity index (χ2n) is 4.81. The van der Waals surface area contributed by atoms with Gasteiger partial charge in [-0.05, 0) is 50.1 Å². The minimum atomic E-state index is -0.441. The third kappa shape index (κ3) is 3.05. The zero-order chi connectivity index (χ0) is 15.6. The van der Waals surface area contributed by atoms with Crippen LogP contribution in [-0.4, -0.2) is 10.0 Å². The maximum Gasteiger partial charge on any atom is 0.274 e. The van der Waals surface area contributed by atoms with Gasteiger partial charge in [0.2, 0.25) is 0 Å². The fraction of sp³-hybridized carbons (Fsp3) is 0.200. The van der Waals surface area contributed by atoms with Crippen molar-refractivity contribution in [2.45, 2.75) is 20.8 Å². The second-order valence-corrected chi connectivity index (χ2v) is 4.81. The number of phenols is 1. The van der Waals surface area contributed by atoms with Crippen LogP contribution in [0.3, 0.4) is 0 Å². The Morgan fingerprint density at radius 3 is 2.29 bits per heavy atom. The Balaban J connectivity index is 2.38. The quantitative estimate of drug-likeness (QED) is 0.506. The average Bonchev–Trinajstić information content (AvgIpc) is 2.43. The van der Waals surface area contributed by atoms with Gasteiger partial charge in [0.05, 0.1) is 21.9 Å². The van der Waals surface area contributed by atoms with Gasteiger partial charge >= 0.3 is 0 Å². The number of azo groups is 1. The molecule has 0 aromatic heterocycles. The Hall–Kier alpha value is -2.76. The molecule has 0 amide bonds. The van der Waals surface area contributed by atoms with E-state index in [9.17, 15) is 15.2 Å². The van der Waals surface area contributed by atoms with Gasteiger partial charge in [-0.25, -0.2) is 0 Å². The van der Waals surface area contributed by atoms with Gasteiger partial charge in [0, 0.05) is 6.07 Å². The summed E-state index contributed by atoms with van der Waals surface area (Å²) in [4.78, 5) is 10.4. The van der Waals surface area contributed by atoms with E-state index in [1.807, 2.05) is 0 Å². The molecule has 108 valence electrons. The largest absolute Gasteiger partial charge is 0.507 e. The number of hydrogen-bond acceptors (Lipinski definition) is 5. The van der Waals surface area contributed by atoms with Crippen LogP contribution in [0.15, 0.2) is 40.6 Å². The first-order valence-corrected chi connectivity index (χ1v) is 6.36. The minimum absolute atomic E-state index is 0.0181. The van der Waals surface area contributed by atoms with Crippen molar-refractivity contribution in [1.82, 2.24) is 0 Å². The summed E-state index contributed by atoms with van der Waals surface area (Å²) >= 11 is 0. The summed E-state index contributed by atoms with van der Waals surface area (Å²) in [6.07, 6.45) is 0. The Morgan fingerprint density at radius 1 is 1.10 bits per heavy atom. The standard InChI is InChI=1S/C15H15N3O3/c1-9-7-12(8-10(2)15(9)19)16-17-13-5-4-6-14(11(13)3)18(20)21/h4-8,19H,1-3H3. The molecule has 0 bridgehead atoms. The molecular formula is C15H15N3O3. The van der Waals surface area contributed by atoms with Crippen LogP contribution in [0.25, 0.3) is 0 Å². The number of benzene rings is 2. The van der Waals surface area contributed by atoms with Gasteiger partial charge in [-0.2, -0.15) is 10.2 Å². The second kappa shape index (κ2) is 5.70. The zero-order valence-corrected chi connectivity index (χ0v) is 12.0. The number of nitro benzene ring substituents is 1. The maximum absolute atomic E-state index is 10.9. The summed E-state index contributed by atoms with van der Waals surface area (Å²) in [7, 11) is 0. The van der Waals surface area contributed by atoms with E-state index < -0.39 is 4.92 Å². The van der Waals surface area contributed by atoms with Gasteiger partial charge < -0.3 is 5.11 Å². The molecule has 0 atom stereocenters. The number of nitro groups is 1. The van der Waals surface area contributed by atoms with Crippen LogP contribution in [0.1, 0.15) is 16.7 Å². The number of aromatic hydroxyl groups is 1. The third-order valence-corrected chi connectivity index (χ3v) is 3.22. The smallest absolute Gasteiger partial charge is 0.274 e. The summed E-state index contributed by atoms with van der Waals surface area (Å²) in [6, 6.07) is 8.10. The molecule has 2 aromatic rings. The highest BCUT2D eigenvalue weighted by Crippen LogP contribution is 2.31. The van der Waals surface area contributed by atoms with Gasteiger partial charge in [0.15, 0.2) is 0 Å². The minimum Gasteiger partial charge on any atom is -0.507 e. The summed E-state index contributed by atoms with van der Waals surface area (Å²) in [5, 5.41) is 28.8. The van der Waals surface area contributed by atoms with Crippen molar-refractivity contribution in [2.24, 2.45) is 10.2 Å². The van der Waals surface area contributed by atoms with Crippen molar-refractivity contribution < 1.29 is 10.0 Å². The van der Waals surface area contributed by atoms with E-state index in [0.717, 1.165) is 0 Å². The lowest BCUT2D eigenvalue weighted by molar-refractivity contribution is -0.385. The summed E-state index contributed by atoms with van der Waals surface area (Å²) < 4.78 is 0. The molecule has 21 heavy (non-hydrogen) atoms. The molecule has 2 rings (SSSR count). The van der Waals surface area contributed by atoms with E-state index in [1.165, 1.54) is 6.07 Å². The molecule has 0 aliphatic rings. The normalized spacial score (nSPS) is 11.0. The molecule has 0 radical (unpaired) electrons. The SMILES string of the molecule is Cc1cc(N=Nc2cccc([N+](=O)[O-])c2C)cc(C)c1O. The first-order chi connectivity index (χ1) is 9.90. The van der Waals surface area contributed by atoms with E-state index in [0.29, 0.717) is 28.1 Å². The van der Waals surface area contributed by atoms with Gasteiger partial charge in [-0.1, -0.05) is 6.07 Å². The van der Waals surface area contributed by atoms with Crippen molar-refractivity contribution in [3.05, 3.63) is 57.1 Å². The summed E-state index contributed by atoms with van der Waals surface area (Å²) in [5.74, 6) is 0.237. The third-order valence-electron chi connectivity index (χ3n) is 3.22. The van der Waals surface area contributed by atoms with Crippen molar-refractivity contribution >= 4 is 17.1 Å². The highest BCUT2D eigenvalue weighted by atomic mass is 16.6. The molecule has 0 saturated heterocycles. The Kier molecular flexibility index (Phi) is 3.98. The van der Waals surface area contributed by atoms with Gasteiger partial charge in [-0.15, -0.1) is 0 Å². The number of nitrogens with zero attached hydrogens (tertiary/aromatic N) is 3. The maximum atomic E-state index is 10.9. The van der Waals surface area contributed by atoms with Crippen LogP contribution >= 0.6 is 0 Å². The molecule has 0 heterocycles. The molecule has 0 unspecified atom stereocenters. The van der Waals surface area contributed by atoms with Crippen molar-refractivity contribution in [3.8, 4) is 5.75 Å². The Labute approximate surface area is 121 Å². The first kappa shape index (κ1) is 14.6. The van der Waals surface area contributed by atoms with E-state index in [2.05, 4.69) is 10.2 Å². The van der Waals surface area contributed by atoms with Crippen LogP contribution in [0.5, 0.6) is 5.75 Å². The average molecular weight is 285 g/mol. The van der Waals surface area contributed by atoms with Gasteiger partial charge in [0.25, 0.3) is 5.69 Å². The molecule has 0 saturated carbocycles. The zero-order valence-electron chi connectivity index (χ0n) is 12.0. The number of aryl methyl sites for hydroxylation is 2. The molecule has 1 N–H and O–H groups in total. The molecule has 0 aliphatic carbocycles. The Morgan fingerprint density at radius 2 is 1.71 bits per heavy atom. The predicted octanol–water partition coefficient (Wildman–Crippen LogP) is 4.64. The monoisotopic (exact) mass is 285 g/mol. The van der Waals surface area contributed by atoms with E-state index in [-0.39, 0.29) is 11.4 Å². The van der Waals surface area contributed by atoms with Crippen LogP contribution in [-0.2, 0) is 0 Å². The first-order valence-electron chi connectivity index (χ1n) is 6.36. The highest BCUT2D eigenvalue weighted by molar-refractivity contribution is 5.57. The number of hydrogen-bond donors (Lipinski definition) is 1. The number of rotatable bonds is 3. The summed E-state index contributed by atoms with van der Waals surface area (Å²) in [5.41, 5.74) is 2.95. The van der Waals surface area contributed by atoms with E-state index in [4.69, 9.17) is 0 Å². The highest BCUT2D eigenvalue weighted by Gasteiger charge is 2.12.